The van der Waals surface area contributed by atoms with Crippen molar-refractivity contribution < 1.29 is 66.7 Å². The van der Waals surface area contributed by atoms with Crippen molar-refractivity contribution in [3.8, 4) is 5.88 Å². The lowest BCUT2D eigenvalue weighted by Gasteiger charge is -2.43. The van der Waals surface area contributed by atoms with Gasteiger partial charge in [-0.05, 0) is 49.3 Å². The van der Waals surface area contributed by atoms with Gasteiger partial charge >= 0.3 is 30.0 Å². The van der Waals surface area contributed by atoms with Crippen LogP contribution in [-0.4, -0.2) is 131 Å². The van der Waals surface area contributed by atoms with E-state index < -0.39 is 72.8 Å². The Morgan fingerprint density at radius 1 is 0.758 bits per heavy atom. The highest BCUT2D eigenvalue weighted by atomic mass is 16.7. The number of carbonyl (C=O) groups excluding carboxylic acids is 7. The van der Waals surface area contributed by atoms with Gasteiger partial charge in [-0.1, -0.05) is 68.4 Å². The zero-order chi connectivity index (χ0) is 48.1. The van der Waals surface area contributed by atoms with E-state index in [-0.39, 0.29) is 36.6 Å². The molecule has 0 aliphatic carbocycles. The second-order valence-electron chi connectivity index (χ2n) is 17.1. The molecule has 19 nitrogen and oxygen atoms in total. The molecule has 0 unspecified atom stereocenters. The topological polar surface area (TPSA) is 231 Å². The zero-order valence-corrected chi connectivity index (χ0v) is 38.8. The van der Waals surface area contributed by atoms with Crippen LogP contribution in [0.4, 0.5) is 4.79 Å². The lowest BCUT2D eigenvalue weighted by Crippen LogP contribution is -2.63. The molecule has 2 aliphatic rings. The normalized spacial score (nSPS) is 19.6. The van der Waals surface area contributed by atoms with E-state index in [9.17, 15) is 33.6 Å². The van der Waals surface area contributed by atoms with E-state index in [0.29, 0.717) is 51.0 Å². The number of H-pyrrole nitrogens is 1. The molecule has 1 aromatic heterocycles. The number of benzene rings is 2. The fraction of sp³-hybridized carbons (Fsp3) is 0.532. The van der Waals surface area contributed by atoms with Gasteiger partial charge in [0.15, 0.2) is 12.2 Å². The third-order valence-electron chi connectivity index (χ3n) is 10.9. The fourth-order valence-corrected chi connectivity index (χ4v) is 7.74. The van der Waals surface area contributed by atoms with Crippen LogP contribution in [0.25, 0.3) is 0 Å². The van der Waals surface area contributed by atoms with Crippen molar-refractivity contribution in [2.45, 2.75) is 130 Å². The van der Waals surface area contributed by atoms with E-state index in [2.05, 4.69) is 15.5 Å². The number of aryl methyl sites for hydroxylation is 1. The molecule has 3 aromatic rings. The standard InChI is InChI=1S/C47H61N5O14/c1-28(2)39-36(43(50-49-39)66-44-42(64-32(6)56)41(63-31(5)55)40(62-30(4)54)37(65-44)27-60-29(3)53)25-34-19-17-33(18-20-34)15-12-16-38(57)48-47(7,8)45(58)51-21-23-52(24-22-51)46(59)61-26-35-13-10-9-11-14-35/h9-11,13-14,17-20,28,37,40-42,44H,12,15-16,21-27H2,1-8H3,(H,48,57)(H,49,50)/t37-,40+,41+,42-,44+/m1/s1. The molecule has 3 amide bonds. The summed E-state index contributed by atoms with van der Waals surface area (Å²) in [6, 6.07) is 17.2. The van der Waals surface area contributed by atoms with Crippen molar-refractivity contribution in [1.29, 1.82) is 0 Å². The second-order valence-corrected chi connectivity index (χ2v) is 17.1. The molecular weight excluding hydrogens is 859 g/mol. The summed E-state index contributed by atoms with van der Waals surface area (Å²) in [7, 11) is 0. The van der Waals surface area contributed by atoms with Crippen LogP contribution in [0.1, 0.15) is 102 Å². The van der Waals surface area contributed by atoms with Crippen LogP contribution >= 0.6 is 0 Å². The van der Waals surface area contributed by atoms with Gasteiger partial charge in [0.1, 0.15) is 24.9 Å². The number of amides is 3. The molecule has 0 spiro atoms. The van der Waals surface area contributed by atoms with Crippen LogP contribution in [0.5, 0.6) is 5.88 Å². The Morgan fingerprint density at radius 2 is 1.35 bits per heavy atom. The van der Waals surface area contributed by atoms with Crippen LogP contribution in [0.15, 0.2) is 54.6 Å². The predicted molar refractivity (Wildman–Crippen MR) is 234 cm³/mol. The number of ether oxygens (including phenoxy) is 7. The van der Waals surface area contributed by atoms with E-state index in [4.69, 9.17) is 33.2 Å². The fourth-order valence-electron chi connectivity index (χ4n) is 7.74. The predicted octanol–water partition coefficient (Wildman–Crippen LogP) is 4.28. The third kappa shape index (κ3) is 14.2. The van der Waals surface area contributed by atoms with Gasteiger partial charge in [-0.25, -0.2) is 4.79 Å². The van der Waals surface area contributed by atoms with Gasteiger partial charge < -0.3 is 48.3 Å². The average molecular weight is 920 g/mol. The maximum Gasteiger partial charge on any atom is 0.410 e. The van der Waals surface area contributed by atoms with Gasteiger partial charge in [0.05, 0.1) is 0 Å². The monoisotopic (exact) mass is 919 g/mol. The summed E-state index contributed by atoms with van der Waals surface area (Å²) < 4.78 is 39.7. The van der Waals surface area contributed by atoms with Gasteiger partial charge in [0.2, 0.25) is 30.1 Å². The maximum atomic E-state index is 13.5. The van der Waals surface area contributed by atoms with Crippen molar-refractivity contribution in [2.75, 3.05) is 32.8 Å². The van der Waals surface area contributed by atoms with E-state index in [1.54, 1.807) is 23.6 Å². The molecule has 358 valence electrons. The molecule has 2 aliphatic heterocycles. The van der Waals surface area contributed by atoms with E-state index in [0.717, 1.165) is 43.2 Å². The highest BCUT2D eigenvalue weighted by molar-refractivity contribution is 5.91. The number of rotatable bonds is 18. The molecule has 3 heterocycles. The molecule has 0 saturated carbocycles. The number of nitrogens with zero attached hydrogens (tertiary/aromatic N) is 3. The Kier molecular flexibility index (Phi) is 17.7. The summed E-state index contributed by atoms with van der Waals surface area (Å²) in [5, 5.41) is 10.3. The molecule has 2 fully saturated rings. The lowest BCUT2D eigenvalue weighted by molar-refractivity contribution is -0.289. The number of hydrogen-bond donors (Lipinski definition) is 2. The van der Waals surface area contributed by atoms with Crippen LogP contribution < -0.4 is 10.1 Å². The van der Waals surface area contributed by atoms with Gasteiger partial charge in [0.25, 0.3) is 0 Å². The number of aromatic amines is 1. The Balaban J connectivity index is 1.17. The highest BCUT2D eigenvalue weighted by Crippen LogP contribution is 2.34. The Morgan fingerprint density at radius 3 is 1.95 bits per heavy atom. The van der Waals surface area contributed by atoms with Crippen LogP contribution in [0, 0.1) is 0 Å². The Bertz CT molecular complexity index is 2170. The van der Waals surface area contributed by atoms with Crippen molar-refractivity contribution in [1.82, 2.24) is 25.3 Å². The third-order valence-corrected chi connectivity index (χ3v) is 10.9. The van der Waals surface area contributed by atoms with Gasteiger partial charge in [-0.15, -0.1) is 5.10 Å². The first-order valence-corrected chi connectivity index (χ1v) is 22.0. The minimum atomic E-state index is -1.46. The SMILES string of the molecule is CC(=O)OC[C@H]1O[C@@H](Oc2n[nH]c(C(C)C)c2Cc2ccc(CCCC(=O)NC(C)(C)C(=O)N3CCN(C(=O)OCc4ccccc4)CC3)cc2)[C@H](OC(C)=O)[C@@H](OC(C)=O)[C@H]1OC(C)=O. The molecule has 2 aromatic carbocycles. The number of aromatic nitrogens is 2. The smallest absolute Gasteiger partial charge is 0.410 e. The molecule has 66 heavy (non-hydrogen) atoms. The van der Waals surface area contributed by atoms with E-state index in [1.165, 1.54) is 6.92 Å². The van der Waals surface area contributed by atoms with Crippen molar-refractivity contribution in [2.24, 2.45) is 0 Å². The molecular formula is C47H61N5O14. The quantitative estimate of drug-likeness (QED) is 0.134. The van der Waals surface area contributed by atoms with Crippen molar-refractivity contribution >= 4 is 41.8 Å². The molecule has 5 rings (SSSR count). The minimum absolute atomic E-state index is 0.0303. The molecule has 5 atom stereocenters. The van der Waals surface area contributed by atoms with E-state index >= 15 is 0 Å². The van der Waals surface area contributed by atoms with Gasteiger partial charge in [-0.3, -0.25) is 33.9 Å². The first-order valence-electron chi connectivity index (χ1n) is 22.0. The van der Waals surface area contributed by atoms with Crippen LogP contribution in [-0.2, 0) is 76.6 Å². The van der Waals surface area contributed by atoms with Crippen molar-refractivity contribution in [3.05, 3.63) is 82.5 Å². The number of carbonyl (C=O) groups is 7. The summed E-state index contributed by atoms with van der Waals surface area (Å²) in [6.45, 7) is 13.0. The highest BCUT2D eigenvalue weighted by Gasteiger charge is 2.54. The van der Waals surface area contributed by atoms with Crippen LogP contribution in [0.2, 0.25) is 0 Å². The molecule has 0 radical (unpaired) electrons. The average Bonchev–Trinajstić information content (AvgIpc) is 3.65. The summed E-state index contributed by atoms with van der Waals surface area (Å²) >= 11 is 0. The van der Waals surface area contributed by atoms with Crippen molar-refractivity contribution in [3.63, 3.8) is 0 Å². The number of piperazine rings is 1. The summed E-state index contributed by atoms with van der Waals surface area (Å²) in [5.41, 5.74) is 3.06. The first kappa shape index (κ1) is 50.5. The summed E-state index contributed by atoms with van der Waals surface area (Å²) in [5.74, 6) is -3.33. The second kappa shape index (κ2) is 23.1. The number of nitrogens with one attached hydrogen (secondary N) is 2. The Hall–Kier alpha value is -6.50. The molecule has 0 bridgehead atoms. The minimum Gasteiger partial charge on any atom is -0.463 e. The Labute approximate surface area is 384 Å². The lowest BCUT2D eigenvalue weighted by atomic mass is 9.97. The summed E-state index contributed by atoms with van der Waals surface area (Å²) in [4.78, 5) is 91.0. The maximum absolute atomic E-state index is 13.5. The molecule has 2 N–H and O–H groups in total. The van der Waals surface area contributed by atoms with Crippen LogP contribution in [0.3, 0.4) is 0 Å². The van der Waals surface area contributed by atoms with Gasteiger partial charge in [-0.2, -0.15) is 0 Å². The number of hydrogen-bond acceptors (Lipinski definition) is 15. The molecule has 2 saturated heterocycles. The summed E-state index contributed by atoms with van der Waals surface area (Å²) in [6.07, 6.45) is -5.59. The zero-order valence-electron chi connectivity index (χ0n) is 38.8. The first-order chi connectivity index (χ1) is 31.3. The largest absolute Gasteiger partial charge is 0.463 e. The van der Waals surface area contributed by atoms with E-state index in [1.807, 2.05) is 68.4 Å². The molecule has 19 heteroatoms. The van der Waals surface area contributed by atoms with Gasteiger partial charge in [0, 0.05) is 78.0 Å². The number of esters is 4.